The topological polar surface area (TPSA) is 72.2 Å². The summed E-state index contributed by atoms with van der Waals surface area (Å²) in [7, 11) is 1.66. The molecule has 3 aromatic rings. The number of benzene rings is 2. The van der Waals surface area contributed by atoms with Crippen LogP contribution in [0.4, 0.5) is 5.69 Å². The average Bonchev–Trinajstić information content (AvgIpc) is 2.79. The van der Waals surface area contributed by atoms with Crippen molar-refractivity contribution in [1.82, 2.24) is 4.90 Å². The monoisotopic (exact) mass is 422 g/mol. The molecule has 0 spiro atoms. The molecule has 1 fully saturated rings. The van der Waals surface area contributed by atoms with E-state index in [0.717, 1.165) is 35.5 Å². The first-order chi connectivity index (χ1) is 15.0. The number of carbonyl (C=O) groups is 1. The number of aryl methyl sites for hydroxylation is 2. The second-order valence-electron chi connectivity index (χ2n) is 7.64. The van der Waals surface area contributed by atoms with E-state index in [1.165, 1.54) is 6.07 Å². The maximum Gasteiger partial charge on any atom is 0.336 e. The molecule has 0 unspecified atom stereocenters. The molecule has 4 rings (SSSR count). The SMILES string of the molecule is COc1ccccc1N1CCN(C(=O)COc2ccc3c(C)cc(=O)oc3c2C)CC1. The van der Waals surface area contributed by atoms with E-state index in [9.17, 15) is 9.59 Å². The molecule has 31 heavy (non-hydrogen) atoms. The molecule has 2 aromatic carbocycles. The maximum atomic E-state index is 12.7. The van der Waals surface area contributed by atoms with Gasteiger partial charge in [0.2, 0.25) is 0 Å². The number of hydrogen-bond acceptors (Lipinski definition) is 6. The summed E-state index contributed by atoms with van der Waals surface area (Å²) in [5, 5.41) is 0.864. The van der Waals surface area contributed by atoms with Crippen molar-refractivity contribution < 1.29 is 18.7 Å². The Bertz CT molecular complexity index is 1160. The van der Waals surface area contributed by atoms with Crippen LogP contribution in [-0.4, -0.2) is 50.7 Å². The molecule has 0 atom stereocenters. The molecule has 1 aliphatic rings. The molecule has 2 heterocycles. The van der Waals surface area contributed by atoms with Gasteiger partial charge in [-0.15, -0.1) is 0 Å². The van der Waals surface area contributed by atoms with E-state index in [-0.39, 0.29) is 12.5 Å². The zero-order valence-corrected chi connectivity index (χ0v) is 18.0. The predicted octanol–water partition coefficient (Wildman–Crippen LogP) is 3.15. The number of para-hydroxylation sites is 2. The number of ether oxygens (including phenoxy) is 2. The number of carbonyl (C=O) groups excluding carboxylic acids is 1. The third-order valence-corrected chi connectivity index (χ3v) is 5.73. The molecule has 7 heteroatoms. The summed E-state index contributed by atoms with van der Waals surface area (Å²) in [4.78, 5) is 28.5. The van der Waals surface area contributed by atoms with Gasteiger partial charge in [0.1, 0.15) is 17.1 Å². The van der Waals surface area contributed by atoms with E-state index in [2.05, 4.69) is 4.90 Å². The second-order valence-corrected chi connectivity index (χ2v) is 7.64. The average molecular weight is 422 g/mol. The fraction of sp³-hybridized carbons (Fsp3) is 0.333. The number of anilines is 1. The fourth-order valence-corrected chi connectivity index (χ4v) is 3.98. The Morgan fingerprint density at radius 2 is 1.77 bits per heavy atom. The van der Waals surface area contributed by atoms with Crippen molar-refractivity contribution in [3.05, 3.63) is 64.0 Å². The summed E-state index contributed by atoms with van der Waals surface area (Å²) in [5.74, 6) is 1.31. The van der Waals surface area contributed by atoms with Gasteiger partial charge < -0.3 is 23.7 Å². The number of methoxy groups -OCH3 is 1. The Hall–Kier alpha value is -3.48. The van der Waals surface area contributed by atoms with Crippen LogP contribution in [0.3, 0.4) is 0 Å². The third kappa shape index (κ3) is 4.21. The van der Waals surface area contributed by atoms with Gasteiger partial charge in [0, 0.05) is 43.2 Å². The Balaban J connectivity index is 1.39. The summed E-state index contributed by atoms with van der Waals surface area (Å²) < 4.78 is 16.6. The summed E-state index contributed by atoms with van der Waals surface area (Å²) in [6, 6.07) is 13.0. The Morgan fingerprint density at radius 1 is 1.03 bits per heavy atom. The van der Waals surface area contributed by atoms with Crippen LogP contribution in [0.25, 0.3) is 11.0 Å². The van der Waals surface area contributed by atoms with Gasteiger partial charge in [0.25, 0.3) is 5.91 Å². The van der Waals surface area contributed by atoms with Crippen molar-refractivity contribution in [2.75, 3.05) is 44.8 Å². The van der Waals surface area contributed by atoms with Crippen LogP contribution in [0.2, 0.25) is 0 Å². The van der Waals surface area contributed by atoms with Crippen molar-refractivity contribution in [2.45, 2.75) is 13.8 Å². The molecule has 1 aromatic heterocycles. The van der Waals surface area contributed by atoms with Crippen LogP contribution in [0.1, 0.15) is 11.1 Å². The number of amides is 1. The molecule has 1 amide bonds. The van der Waals surface area contributed by atoms with Crippen molar-refractivity contribution >= 4 is 22.6 Å². The molecule has 0 aliphatic carbocycles. The van der Waals surface area contributed by atoms with Gasteiger partial charge in [-0.3, -0.25) is 4.79 Å². The highest BCUT2D eigenvalue weighted by atomic mass is 16.5. The minimum absolute atomic E-state index is 0.0585. The van der Waals surface area contributed by atoms with E-state index in [1.54, 1.807) is 7.11 Å². The molecule has 0 bridgehead atoms. The highest BCUT2D eigenvalue weighted by Crippen LogP contribution is 2.29. The van der Waals surface area contributed by atoms with Gasteiger partial charge in [-0.25, -0.2) is 4.79 Å². The van der Waals surface area contributed by atoms with Gasteiger partial charge in [0.05, 0.1) is 12.8 Å². The van der Waals surface area contributed by atoms with Crippen LogP contribution < -0.4 is 20.0 Å². The lowest BCUT2D eigenvalue weighted by molar-refractivity contribution is -0.133. The molecule has 162 valence electrons. The second kappa shape index (κ2) is 8.71. The quantitative estimate of drug-likeness (QED) is 0.588. The van der Waals surface area contributed by atoms with Crippen LogP contribution >= 0.6 is 0 Å². The first-order valence-electron chi connectivity index (χ1n) is 10.3. The summed E-state index contributed by atoms with van der Waals surface area (Å²) in [5.41, 5.74) is 2.71. The van der Waals surface area contributed by atoms with Gasteiger partial charge >= 0.3 is 5.63 Å². The highest BCUT2D eigenvalue weighted by Gasteiger charge is 2.23. The van der Waals surface area contributed by atoms with Crippen molar-refractivity contribution in [1.29, 1.82) is 0 Å². The van der Waals surface area contributed by atoms with E-state index in [4.69, 9.17) is 13.9 Å². The number of fused-ring (bicyclic) bond motifs is 1. The van der Waals surface area contributed by atoms with Crippen LogP contribution in [0, 0.1) is 13.8 Å². The molecule has 0 radical (unpaired) electrons. The van der Waals surface area contributed by atoms with Crippen molar-refractivity contribution in [2.24, 2.45) is 0 Å². The largest absolute Gasteiger partial charge is 0.495 e. The van der Waals surface area contributed by atoms with E-state index < -0.39 is 5.63 Å². The van der Waals surface area contributed by atoms with Crippen LogP contribution in [0.15, 0.2) is 51.7 Å². The molecule has 7 nitrogen and oxygen atoms in total. The smallest absolute Gasteiger partial charge is 0.336 e. The van der Waals surface area contributed by atoms with Crippen molar-refractivity contribution in [3.63, 3.8) is 0 Å². The molecule has 0 N–H and O–H groups in total. The normalized spacial score (nSPS) is 14.0. The number of piperazine rings is 1. The van der Waals surface area contributed by atoms with E-state index in [0.29, 0.717) is 30.0 Å². The summed E-state index contributed by atoms with van der Waals surface area (Å²) >= 11 is 0. The number of rotatable bonds is 5. The van der Waals surface area contributed by atoms with Crippen molar-refractivity contribution in [3.8, 4) is 11.5 Å². The predicted molar refractivity (Wildman–Crippen MR) is 119 cm³/mol. The third-order valence-electron chi connectivity index (χ3n) is 5.73. The zero-order chi connectivity index (χ0) is 22.0. The van der Waals surface area contributed by atoms with E-state index >= 15 is 0 Å². The highest BCUT2D eigenvalue weighted by molar-refractivity contribution is 5.85. The summed E-state index contributed by atoms with van der Waals surface area (Å²) in [6.07, 6.45) is 0. The zero-order valence-electron chi connectivity index (χ0n) is 18.0. The van der Waals surface area contributed by atoms with E-state index in [1.807, 2.05) is 55.1 Å². The minimum atomic E-state index is -0.394. The van der Waals surface area contributed by atoms with Crippen LogP contribution in [-0.2, 0) is 4.79 Å². The molecule has 1 saturated heterocycles. The Labute approximate surface area is 180 Å². The first-order valence-corrected chi connectivity index (χ1v) is 10.3. The molecule has 0 saturated carbocycles. The first kappa shape index (κ1) is 20.8. The lowest BCUT2D eigenvalue weighted by atomic mass is 10.1. The van der Waals surface area contributed by atoms with Gasteiger partial charge in [-0.05, 0) is 43.7 Å². The minimum Gasteiger partial charge on any atom is -0.495 e. The molecule has 1 aliphatic heterocycles. The Morgan fingerprint density at radius 3 is 2.52 bits per heavy atom. The molecular formula is C24H26N2O5. The Kier molecular flexibility index (Phi) is 5.84. The standard InChI is InChI=1S/C24H26N2O5/c1-16-14-23(28)31-24-17(2)20(9-8-18(16)24)30-15-22(27)26-12-10-25(11-13-26)19-6-4-5-7-21(19)29-3/h4-9,14H,10-13,15H2,1-3H3. The molecular weight excluding hydrogens is 396 g/mol. The number of nitrogens with zero attached hydrogens (tertiary/aromatic N) is 2. The fourth-order valence-electron chi connectivity index (χ4n) is 3.98. The lowest BCUT2D eigenvalue weighted by Gasteiger charge is -2.36. The van der Waals surface area contributed by atoms with Gasteiger partial charge in [-0.1, -0.05) is 12.1 Å². The van der Waals surface area contributed by atoms with Gasteiger partial charge in [0.15, 0.2) is 6.61 Å². The number of hydrogen-bond donors (Lipinski definition) is 0. The summed E-state index contributed by atoms with van der Waals surface area (Å²) in [6.45, 7) is 6.33. The van der Waals surface area contributed by atoms with Gasteiger partial charge in [-0.2, -0.15) is 0 Å². The maximum absolute atomic E-state index is 12.7. The van der Waals surface area contributed by atoms with Crippen LogP contribution in [0.5, 0.6) is 11.5 Å². The lowest BCUT2D eigenvalue weighted by Crippen LogP contribution is -2.50.